The van der Waals surface area contributed by atoms with Crippen LogP contribution in [-0.4, -0.2) is 58.5 Å². The summed E-state index contributed by atoms with van der Waals surface area (Å²) in [6.45, 7) is 5.23. The van der Waals surface area contributed by atoms with Gasteiger partial charge >= 0.3 is 0 Å². The van der Waals surface area contributed by atoms with Crippen molar-refractivity contribution < 1.29 is 9.59 Å². The Morgan fingerprint density at radius 1 is 1.40 bits per heavy atom. The molecule has 7 nitrogen and oxygen atoms in total. The molecule has 0 radical (unpaired) electrons. The van der Waals surface area contributed by atoms with Crippen molar-refractivity contribution in [2.24, 2.45) is 0 Å². The van der Waals surface area contributed by atoms with Crippen LogP contribution in [0.25, 0.3) is 0 Å². The van der Waals surface area contributed by atoms with Crippen LogP contribution in [0.3, 0.4) is 0 Å². The van der Waals surface area contributed by atoms with Gasteiger partial charge in [-0.1, -0.05) is 13.8 Å². The number of hydrogen-bond acceptors (Lipinski definition) is 4. The zero-order valence-electron chi connectivity index (χ0n) is 12.1. The summed E-state index contributed by atoms with van der Waals surface area (Å²) < 4.78 is 0. The molecule has 0 aliphatic carbocycles. The predicted octanol–water partition coefficient (Wildman–Crippen LogP) is 0.420. The van der Waals surface area contributed by atoms with Crippen LogP contribution < -0.4 is 5.73 Å². The van der Waals surface area contributed by atoms with Gasteiger partial charge in [-0.05, 0) is 12.3 Å². The summed E-state index contributed by atoms with van der Waals surface area (Å²) in [7, 11) is 1.75. The van der Waals surface area contributed by atoms with Crippen molar-refractivity contribution in [3.63, 3.8) is 0 Å². The van der Waals surface area contributed by atoms with Gasteiger partial charge in [-0.3, -0.25) is 14.7 Å². The van der Waals surface area contributed by atoms with E-state index < -0.39 is 0 Å². The standard InChI is InChI=1S/C13H21N5O2/c1-8(2)11-10(14)12(16-15-11)13(20)18-6-4-5-17(3)9(19)7-18/h8H,4-7,14H2,1-3H3,(H,15,16). The molecule has 2 amide bonds. The number of anilines is 1. The average molecular weight is 279 g/mol. The molecule has 0 unspecified atom stereocenters. The third-order valence-corrected chi connectivity index (χ3v) is 3.57. The average Bonchev–Trinajstić information content (AvgIpc) is 2.69. The Kier molecular flexibility index (Phi) is 3.96. The third kappa shape index (κ3) is 2.61. The number of nitrogens with one attached hydrogen (secondary N) is 1. The maximum Gasteiger partial charge on any atom is 0.276 e. The number of carbonyl (C=O) groups excluding carboxylic acids is 2. The maximum absolute atomic E-state index is 12.5. The van der Waals surface area contributed by atoms with Crippen molar-refractivity contribution >= 4 is 17.5 Å². The van der Waals surface area contributed by atoms with Gasteiger partial charge in [-0.15, -0.1) is 0 Å². The first-order valence-corrected chi connectivity index (χ1v) is 6.78. The minimum Gasteiger partial charge on any atom is -0.395 e. The number of H-pyrrole nitrogens is 1. The fourth-order valence-corrected chi connectivity index (χ4v) is 2.28. The van der Waals surface area contributed by atoms with Gasteiger partial charge in [0.25, 0.3) is 5.91 Å². The largest absolute Gasteiger partial charge is 0.395 e. The van der Waals surface area contributed by atoms with Crippen molar-refractivity contribution in [3.8, 4) is 0 Å². The zero-order chi connectivity index (χ0) is 14.9. The minimum atomic E-state index is -0.283. The van der Waals surface area contributed by atoms with Crippen molar-refractivity contribution in [2.75, 3.05) is 32.4 Å². The van der Waals surface area contributed by atoms with E-state index in [0.29, 0.717) is 18.8 Å². The smallest absolute Gasteiger partial charge is 0.276 e. The molecule has 1 fully saturated rings. The maximum atomic E-state index is 12.5. The van der Waals surface area contributed by atoms with E-state index in [4.69, 9.17) is 5.73 Å². The van der Waals surface area contributed by atoms with Crippen LogP contribution in [0.5, 0.6) is 0 Å². The van der Waals surface area contributed by atoms with Gasteiger partial charge in [0.1, 0.15) is 6.54 Å². The molecule has 3 N–H and O–H groups in total. The SMILES string of the molecule is CC(C)c1[nH]nc(C(=O)N2CCCN(C)C(=O)C2)c1N. The highest BCUT2D eigenvalue weighted by atomic mass is 16.2. The van der Waals surface area contributed by atoms with Gasteiger partial charge in [0.2, 0.25) is 5.91 Å². The lowest BCUT2D eigenvalue weighted by atomic mass is 10.1. The summed E-state index contributed by atoms with van der Waals surface area (Å²) in [5, 5.41) is 6.83. The Morgan fingerprint density at radius 3 is 2.70 bits per heavy atom. The Balaban J connectivity index is 2.21. The van der Waals surface area contributed by atoms with Crippen LogP contribution in [-0.2, 0) is 4.79 Å². The molecule has 1 aliphatic rings. The summed E-state index contributed by atoms with van der Waals surface area (Å²) in [5.41, 5.74) is 7.33. The van der Waals surface area contributed by atoms with E-state index in [1.165, 1.54) is 4.90 Å². The molecule has 0 aromatic carbocycles. The number of aromatic amines is 1. The number of nitrogen functional groups attached to an aromatic ring is 1. The summed E-state index contributed by atoms with van der Waals surface area (Å²) in [4.78, 5) is 27.4. The van der Waals surface area contributed by atoms with E-state index in [0.717, 1.165) is 12.1 Å². The number of carbonyl (C=O) groups is 2. The Hall–Kier alpha value is -2.05. The zero-order valence-corrected chi connectivity index (χ0v) is 12.1. The van der Waals surface area contributed by atoms with Crippen LogP contribution in [0.2, 0.25) is 0 Å². The van der Waals surface area contributed by atoms with Crippen molar-refractivity contribution in [1.29, 1.82) is 0 Å². The monoisotopic (exact) mass is 279 g/mol. The molecule has 1 aliphatic heterocycles. The van der Waals surface area contributed by atoms with Gasteiger partial charge in [0.05, 0.1) is 11.4 Å². The van der Waals surface area contributed by atoms with Crippen molar-refractivity contribution in [3.05, 3.63) is 11.4 Å². The first kappa shape index (κ1) is 14.4. The number of amides is 2. The fraction of sp³-hybridized carbons (Fsp3) is 0.615. The number of aromatic nitrogens is 2. The summed E-state index contributed by atoms with van der Waals surface area (Å²) in [6.07, 6.45) is 0.759. The van der Waals surface area contributed by atoms with Crippen molar-refractivity contribution in [2.45, 2.75) is 26.2 Å². The van der Waals surface area contributed by atoms with Crippen LogP contribution >= 0.6 is 0 Å². The van der Waals surface area contributed by atoms with E-state index in [9.17, 15) is 9.59 Å². The van der Waals surface area contributed by atoms with Gasteiger partial charge in [0.15, 0.2) is 5.69 Å². The van der Waals surface area contributed by atoms with E-state index in [1.54, 1.807) is 11.9 Å². The molecule has 1 aromatic rings. The molecular formula is C13H21N5O2. The second-order valence-electron chi connectivity index (χ2n) is 5.45. The first-order chi connectivity index (χ1) is 9.41. The van der Waals surface area contributed by atoms with E-state index >= 15 is 0 Å². The lowest BCUT2D eigenvalue weighted by Gasteiger charge is -2.18. The number of hydrogen-bond donors (Lipinski definition) is 2. The normalized spacial score (nSPS) is 16.7. The highest BCUT2D eigenvalue weighted by Crippen LogP contribution is 2.23. The highest BCUT2D eigenvalue weighted by Gasteiger charge is 2.27. The van der Waals surface area contributed by atoms with Crippen LogP contribution in [0.4, 0.5) is 5.69 Å². The fourth-order valence-electron chi connectivity index (χ4n) is 2.28. The van der Waals surface area contributed by atoms with Crippen LogP contribution in [0.15, 0.2) is 0 Å². The molecular weight excluding hydrogens is 258 g/mol. The van der Waals surface area contributed by atoms with Gasteiger partial charge in [0, 0.05) is 20.1 Å². The van der Waals surface area contributed by atoms with Gasteiger partial charge in [-0.2, -0.15) is 5.10 Å². The summed E-state index contributed by atoms with van der Waals surface area (Å²) in [6, 6.07) is 0. The first-order valence-electron chi connectivity index (χ1n) is 6.78. The molecule has 0 saturated carbocycles. The minimum absolute atomic E-state index is 0.0611. The Labute approximate surface area is 118 Å². The molecule has 110 valence electrons. The van der Waals surface area contributed by atoms with Crippen molar-refractivity contribution in [1.82, 2.24) is 20.0 Å². The topological polar surface area (TPSA) is 95.3 Å². The van der Waals surface area contributed by atoms with Gasteiger partial charge < -0.3 is 15.5 Å². The van der Waals surface area contributed by atoms with E-state index in [2.05, 4.69) is 10.2 Å². The molecule has 7 heteroatoms. The number of nitrogens with zero attached hydrogens (tertiary/aromatic N) is 3. The molecule has 0 atom stereocenters. The Morgan fingerprint density at radius 2 is 2.10 bits per heavy atom. The Bertz CT molecular complexity index is 523. The summed E-state index contributed by atoms with van der Waals surface area (Å²) in [5.74, 6) is -0.177. The molecule has 1 saturated heterocycles. The third-order valence-electron chi connectivity index (χ3n) is 3.57. The quantitative estimate of drug-likeness (QED) is 0.820. The van der Waals surface area contributed by atoms with Crippen LogP contribution in [0, 0.1) is 0 Å². The molecule has 2 rings (SSSR count). The summed E-state index contributed by atoms with van der Waals surface area (Å²) >= 11 is 0. The molecule has 0 bridgehead atoms. The highest BCUT2D eigenvalue weighted by molar-refractivity contribution is 5.99. The lowest BCUT2D eigenvalue weighted by Crippen LogP contribution is -2.38. The second kappa shape index (κ2) is 5.52. The van der Waals surface area contributed by atoms with Crippen LogP contribution in [0.1, 0.15) is 42.4 Å². The van der Waals surface area contributed by atoms with E-state index in [-0.39, 0.29) is 30.0 Å². The van der Waals surface area contributed by atoms with E-state index in [1.807, 2.05) is 13.8 Å². The van der Waals surface area contributed by atoms with Gasteiger partial charge in [-0.25, -0.2) is 0 Å². The second-order valence-corrected chi connectivity index (χ2v) is 5.45. The number of likely N-dealkylation sites (N-methyl/N-ethyl adjacent to an activating group) is 1. The molecule has 2 heterocycles. The predicted molar refractivity (Wildman–Crippen MR) is 75.2 cm³/mol. The molecule has 1 aromatic heterocycles. The number of nitrogens with two attached hydrogens (primary N) is 1. The number of rotatable bonds is 2. The molecule has 0 spiro atoms. The molecule has 20 heavy (non-hydrogen) atoms. The lowest BCUT2D eigenvalue weighted by molar-refractivity contribution is -0.129.